The molecule has 5 rings (SSSR count). The lowest BCUT2D eigenvalue weighted by Crippen LogP contribution is -2.35. The normalized spacial score (nSPS) is 17.5. The first-order chi connectivity index (χ1) is 14.6. The molecule has 6 nitrogen and oxygen atoms in total. The van der Waals surface area contributed by atoms with Gasteiger partial charge < -0.3 is 19.7 Å². The van der Waals surface area contributed by atoms with Crippen molar-refractivity contribution in [2.24, 2.45) is 0 Å². The monoisotopic (exact) mass is 397 g/mol. The summed E-state index contributed by atoms with van der Waals surface area (Å²) in [5.41, 5.74) is 4.27. The van der Waals surface area contributed by atoms with Gasteiger partial charge in [0.25, 0.3) is 0 Å². The van der Waals surface area contributed by atoms with Crippen LogP contribution in [0.5, 0.6) is 11.5 Å². The molecule has 0 saturated heterocycles. The van der Waals surface area contributed by atoms with Crippen LogP contribution >= 0.6 is 0 Å². The Morgan fingerprint density at radius 3 is 2.90 bits per heavy atom. The minimum Gasteiger partial charge on any atom is -0.507 e. The molecule has 2 aromatic carbocycles. The van der Waals surface area contributed by atoms with Crippen molar-refractivity contribution in [3.63, 3.8) is 0 Å². The van der Waals surface area contributed by atoms with Gasteiger partial charge in [0.1, 0.15) is 17.5 Å². The molecule has 0 fully saturated rings. The Balaban J connectivity index is 1.58. The first-order valence-corrected chi connectivity index (χ1v) is 9.71. The highest BCUT2D eigenvalue weighted by Gasteiger charge is 2.35. The minimum absolute atomic E-state index is 0.0667. The number of fused-ring (bicyclic) bond motifs is 5. The zero-order valence-electron chi connectivity index (χ0n) is 16.3. The van der Waals surface area contributed by atoms with Crippen molar-refractivity contribution < 1.29 is 14.6 Å². The first kappa shape index (κ1) is 18.1. The molecule has 0 bridgehead atoms. The third kappa shape index (κ3) is 2.67. The zero-order valence-corrected chi connectivity index (χ0v) is 16.3. The summed E-state index contributed by atoms with van der Waals surface area (Å²) >= 11 is 0. The third-order valence-corrected chi connectivity index (χ3v) is 5.82. The number of phenols is 1. The van der Waals surface area contributed by atoms with Crippen molar-refractivity contribution in [1.82, 2.24) is 9.88 Å². The zero-order chi connectivity index (χ0) is 20.8. The molecule has 1 atom stereocenters. The van der Waals surface area contributed by atoms with E-state index in [-0.39, 0.29) is 23.1 Å². The SMILES string of the molecule is COc1ccc2[nH]c3c(c2c1)CCN1C=C(C(=O)c2ccccc2O)C=C(C#N)C31. The number of nitrogens with one attached hydrogen (secondary N) is 1. The number of aromatic amines is 1. The fraction of sp³-hybridized carbons (Fsp3) is 0.167. The van der Waals surface area contributed by atoms with Crippen molar-refractivity contribution in [3.05, 3.63) is 82.7 Å². The van der Waals surface area contributed by atoms with Crippen LogP contribution in [0.15, 0.2) is 65.9 Å². The number of allylic oxidation sites excluding steroid dienone is 2. The Morgan fingerprint density at radius 2 is 2.13 bits per heavy atom. The molecule has 148 valence electrons. The van der Waals surface area contributed by atoms with Crippen molar-refractivity contribution >= 4 is 16.7 Å². The van der Waals surface area contributed by atoms with Gasteiger partial charge in [-0.1, -0.05) is 12.1 Å². The average Bonchev–Trinajstić information content (AvgIpc) is 3.16. The molecule has 0 spiro atoms. The lowest BCUT2D eigenvalue weighted by Gasteiger charge is -2.37. The maximum atomic E-state index is 13.0. The molecular formula is C24H19N3O3. The molecule has 3 heterocycles. The van der Waals surface area contributed by atoms with Crippen LogP contribution in [-0.4, -0.2) is 34.4 Å². The van der Waals surface area contributed by atoms with E-state index in [1.165, 1.54) is 11.6 Å². The molecule has 1 aromatic heterocycles. The van der Waals surface area contributed by atoms with Gasteiger partial charge in [-0.2, -0.15) is 5.26 Å². The second-order valence-electron chi connectivity index (χ2n) is 7.46. The first-order valence-electron chi connectivity index (χ1n) is 9.71. The Morgan fingerprint density at radius 1 is 1.30 bits per heavy atom. The third-order valence-electron chi connectivity index (χ3n) is 5.82. The molecule has 6 heteroatoms. The van der Waals surface area contributed by atoms with Gasteiger partial charge in [-0.05, 0) is 48.4 Å². The summed E-state index contributed by atoms with van der Waals surface area (Å²) in [6.07, 6.45) is 4.22. The average molecular weight is 397 g/mol. The number of ether oxygens (including phenoxy) is 1. The van der Waals surface area contributed by atoms with E-state index in [1.54, 1.807) is 37.6 Å². The Kier molecular flexibility index (Phi) is 4.11. The number of para-hydroxylation sites is 1. The van der Waals surface area contributed by atoms with E-state index >= 15 is 0 Å². The van der Waals surface area contributed by atoms with Gasteiger partial charge in [-0.15, -0.1) is 0 Å². The molecule has 0 radical (unpaired) electrons. The van der Waals surface area contributed by atoms with E-state index < -0.39 is 0 Å². The molecule has 3 aromatic rings. The highest BCUT2D eigenvalue weighted by Crippen LogP contribution is 2.42. The molecule has 2 aliphatic heterocycles. The number of ketones is 1. The molecule has 2 aliphatic rings. The molecule has 0 amide bonds. The number of hydrogen-bond acceptors (Lipinski definition) is 5. The number of nitrogens with zero attached hydrogens (tertiary/aromatic N) is 2. The largest absolute Gasteiger partial charge is 0.507 e. The number of nitriles is 1. The summed E-state index contributed by atoms with van der Waals surface area (Å²) in [7, 11) is 1.65. The fourth-order valence-corrected chi connectivity index (χ4v) is 4.39. The van der Waals surface area contributed by atoms with Gasteiger partial charge in [0, 0.05) is 34.9 Å². The smallest absolute Gasteiger partial charge is 0.198 e. The summed E-state index contributed by atoms with van der Waals surface area (Å²) in [6, 6.07) is 14.4. The van der Waals surface area contributed by atoms with Gasteiger partial charge >= 0.3 is 0 Å². The van der Waals surface area contributed by atoms with E-state index in [9.17, 15) is 15.2 Å². The van der Waals surface area contributed by atoms with Crippen molar-refractivity contribution in [3.8, 4) is 17.6 Å². The summed E-state index contributed by atoms with van der Waals surface area (Å²) in [6.45, 7) is 0.679. The van der Waals surface area contributed by atoms with E-state index in [4.69, 9.17) is 4.74 Å². The van der Waals surface area contributed by atoms with E-state index in [0.29, 0.717) is 17.7 Å². The van der Waals surface area contributed by atoms with Gasteiger partial charge in [0.2, 0.25) is 0 Å². The number of Topliss-reactive ketones (excluding diaryl/α,β-unsaturated/α-hetero) is 1. The number of carbonyl (C=O) groups excluding carboxylic acids is 1. The number of H-pyrrole nitrogens is 1. The van der Waals surface area contributed by atoms with Crippen LogP contribution in [0.4, 0.5) is 0 Å². The molecule has 0 saturated carbocycles. The molecule has 2 N–H and O–H groups in total. The summed E-state index contributed by atoms with van der Waals surface area (Å²) in [5, 5.41) is 21.0. The number of carbonyl (C=O) groups is 1. The second-order valence-corrected chi connectivity index (χ2v) is 7.46. The maximum Gasteiger partial charge on any atom is 0.198 e. The van der Waals surface area contributed by atoms with Crippen molar-refractivity contribution in [2.45, 2.75) is 12.5 Å². The van der Waals surface area contributed by atoms with Gasteiger partial charge in [-0.3, -0.25) is 4.79 Å². The van der Waals surface area contributed by atoms with Crippen LogP contribution in [0.1, 0.15) is 27.7 Å². The maximum absolute atomic E-state index is 13.0. The number of hydrogen-bond donors (Lipinski definition) is 2. The molecule has 0 aliphatic carbocycles. The van der Waals surface area contributed by atoms with Gasteiger partial charge in [-0.25, -0.2) is 0 Å². The molecular weight excluding hydrogens is 378 g/mol. The number of rotatable bonds is 3. The Bertz CT molecular complexity index is 1290. The predicted molar refractivity (Wildman–Crippen MR) is 112 cm³/mol. The van der Waals surface area contributed by atoms with Crippen molar-refractivity contribution in [1.29, 1.82) is 5.26 Å². The highest BCUT2D eigenvalue weighted by molar-refractivity contribution is 6.12. The van der Waals surface area contributed by atoms with E-state index in [1.807, 2.05) is 23.1 Å². The van der Waals surface area contributed by atoms with Crippen LogP contribution < -0.4 is 4.74 Å². The standard InChI is InChI=1S/C24H19N3O3/c1-30-16-6-7-20-19(11-16)17-8-9-27-13-15(10-14(12-25)23(27)22(17)26-20)24(29)18-4-2-3-5-21(18)28/h2-7,10-11,13,23,26,28H,8-9H2,1H3. The lowest BCUT2D eigenvalue weighted by molar-refractivity contribution is 0.103. The Labute approximate surface area is 173 Å². The summed E-state index contributed by atoms with van der Waals surface area (Å²) < 4.78 is 5.37. The topological polar surface area (TPSA) is 89.3 Å². The van der Waals surface area contributed by atoms with Crippen LogP contribution in [0.2, 0.25) is 0 Å². The highest BCUT2D eigenvalue weighted by atomic mass is 16.5. The Hall–Kier alpha value is -3.98. The number of benzene rings is 2. The van der Waals surface area contributed by atoms with E-state index in [0.717, 1.165) is 28.8 Å². The molecule has 1 unspecified atom stereocenters. The fourth-order valence-electron chi connectivity index (χ4n) is 4.39. The van der Waals surface area contributed by atoms with Crippen LogP contribution in [0.25, 0.3) is 10.9 Å². The van der Waals surface area contributed by atoms with Gasteiger partial charge in [0.05, 0.1) is 24.3 Å². The summed E-state index contributed by atoms with van der Waals surface area (Å²) in [5.74, 6) is 0.427. The minimum atomic E-state index is -0.300. The number of aromatic hydroxyl groups is 1. The van der Waals surface area contributed by atoms with Crippen LogP contribution in [0.3, 0.4) is 0 Å². The summed E-state index contributed by atoms with van der Waals surface area (Å²) in [4.78, 5) is 18.5. The van der Waals surface area contributed by atoms with E-state index in [2.05, 4.69) is 11.1 Å². The lowest BCUT2D eigenvalue weighted by atomic mass is 9.88. The van der Waals surface area contributed by atoms with Gasteiger partial charge in [0.15, 0.2) is 5.78 Å². The van der Waals surface area contributed by atoms with Crippen LogP contribution in [-0.2, 0) is 6.42 Å². The number of methoxy groups -OCH3 is 1. The predicted octanol–water partition coefficient (Wildman–Crippen LogP) is 4.01. The quantitative estimate of drug-likeness (QED) is 0.652. The van der Waals surface area contributed by atoms with Crippen LogP contribution in [0, 0.1) is 11.3 Å². The number of aromatic nitrogens is 1. The van der Waals surface area contributed by atoms with Crippen molar-refractivity contribution in [2.75, 3.05) is 13.7 Å². The number of phenolic OH excluding ortho intramolecular Hbond substituents is 1. The second kappa shape index (κ2) is 6.82. The molecule has 30 heavy (non-hydrogen) atoms.